The summed E-state index contributed by atoms with van der Waals surface area (Å²) in [7, 11) is 0. The summed E-state index contributed by atoms with van der Waals surface area (Å²) in [5, 5.41) is 6.63. The maximum atomic E-state index is 12.1. The Kier molecular flexibility index (Phi) is 6.41. The Morgan fingerprint density at radius 1 is 1.19 bits per heavy atom. The number of halogens is 2. The molecule has 1 aliphatic heterocycles. The van der Waals surface area contributed by atoms with Crippen LogP contribution in [0.4, 0.5) is 10.5 Å². The van der Waals surface area contributed by atoms with E-state index in [1.807, 2.05) is 6.07 Å². The molecule has 2 aromatic carbocycles. The summed E-state index contributed by atoms with van der Waals surface area (Å²) in [6, 6.07) is 15.7. The molecule has 0 saturated carbocycles. The average Bonchev–Trinajstić information content (AvgIpc) is 3.12. The number of carbonyl (C=O) groups is 1. The standard InChI is InChI=1S/C20H23Cl2N3O/c1-14(16-5-3-2-4-6-16)25-10-9-15(13-25)12-23-20(26)24-17-7-8-18(21)19(22)11-17/h2-8,11,14-15H,9-10,12-13H2,1H3,(H2,23,24,26). The Labute approximate surface area is 164 Å². The Hall–Kier alpha value is -1.75. The van der Waals surface area contributed by atoms with Crippen LogP contribution in [0, 0.1) is 5.92 Å². The number of hydrogen-bond acceptors (Lipinski definition) is 2. The molecule has 1 aliphatic rings. The fourth-order valence-corrected chi connectivity index (χ4v) is 3.61. The average molecular weight is 392 g/mol. The van der Waals surface area contributed by atoms with Crippen molar-refractivity contribution in [1.82, 2.24) is 10.2 Å². The Balaban J connectivity index is 1.45. The van der Waals surface area contributed by atoms with Crippen LogP contribution < -0.4 is 10.6 Å². The van der Waals surface area contributed by atoms with Crippen molar-refractivity contribution in [3.63, 3.8) is 0 Å². The second-order valence-corrected chi connectivity index (χ2v) is 7.51. The molecule has 4 nitrogen and oxygen atoms in total. The minimum Gasteiger partial charge on any atom is -0.338 e. The summed E-state index contributed by atoms with van der Waals surface area (Å²) in [5.41, 5.74) is 1.96. The molecule has 6 heteroatoms. The topological polar surface area (TPSA) is 44.4 Å². The van der Waals surface area contributed by atoms with Gasteiger partial charge >= 0.3 is 6.03 Å². The molecule has 2 unspecified atom stereocenters. The fraction of sp³-hybridized carbons (Fsp3) is 0.350. The summed E-state index contributed by atoms with van der Waals surface area (Å²) in [6.07, 6.45) is 1.09. The van der Waals surface area contributed by atoms with Crippen LogP contribution in [0.15, 0.2) is 48.5 Å². The number of rotatable bonds is 5. The third-order valence-electron chi connectivity index (χ3n) is 4.88. The summed E-state index contributed by atoms with van der Waals surface area (Å²) in [6.45, 7) is 4.94. The van der Waals surface area contributed by atoms with Gasteiger partial charge in [0.25, 0.3) is 0 Å². The number of amides is 2. The predicted octanol–water partition coefficient (Wildman–Crippen LogP) is 5.20. The second-order valence-electron chi connectivity index (χ2n) is 6.70. The van der Waals surface area contributed by atoms with Crippen molar-refractivity contribution in [2.45, 2.75) is 19.4 Å². The molecule has 2 aromatic rings. The number of anilines is 1. The zero-order chi connectivity index (χ0) is 18.5. The SMILES string of the molecule is CC(c1ccccc1)N1CCC(CNC(=O)Nc2ccc(Cl)c(Cl)c2)C1. The van der Waals surface area contributed by atoms with Crippen molar-refractivity contribution >= 4 is 34.9 Å². The first-order chi connectivity index (χ1) is 12.5. The Morgan fingerprint density at radius 3 is 2.69 bits per heavy atom. The molecule has 2 amide bonds. The maximum Gasteiger partial charge on any atom is 0.319 e. The molecule has 2 N–H and O–H groups in total. The molecule has 2 atom stereocenters. The van der Waals surface area contributed by atoms with Gasteiger partial charge in [0.15, 0.2) is 0 Å². The lowest BCUT2D eigenvalue weighted by Gasteiger charge is -2.24. The molecule has 3 rings (SSSR count). The fourth-order valence-electron chi connectivity index (χ4n) is 3.31. The van der Waals surface area contributed by atoms with Gasteiger partial charge in [-0.2, -0.15) is 0 Å². The monoisotopic (exact) mass is 391 g/mol. The summed E-state index contributed by atoms with van der Waals surface area (Å²) in [4.78, 5) is 14.6. The van der Waals surface area contributed by atoms with E-state index in [1.165, 1.54) is 5.56 Å². The first-order valence-corrected chi connectivity index (χ1v) is 9.57. The van der Waals surface area contributed by atoms with Crippen molar-refractivity contribution in [2.24, 2.45) is 5.92 Å². The highest BCUT2D eigenvalue weighted by Crippen LogP contribution is 2.27. The number of nitrogens with zero attached hydrogens (tertiary/aromatic N) is 1. The van der Waals surface area contributed by atoms with E-state index in [4.69, 9.17) is 23.2 Å². The molecular weight excluding hydrogens is 369 g/mol. The van der Waals surface area contributed by atoms with Gasteiger partial charge in [0, 0.05) is 24.8 Å². The summed E-state index contributed by atoms with van der Waals surface area (Å²) < 4.78 is 0. The lowest BCUT2D eigenvalue weighted by Crippen LogP contribution is -2.34. The van der Waals surface area contributed by atoms with E-state index in [9.17, 15) is 4.79 Å². The number of urea groups is 1. The smallest absolute Gasteiger partial charge is 0.319 e. The zero-order valence-corrected chi connectivity index (χ0v) is 16.2. The van der Waals surface area contributed by atoms with Gasteiger partial charge in [-0.05, 0) is 49.6 Å². The van der Waals surface area contributed by atoms with Crippen LogP contribution >= 0.6 is 23.2 Å². The first-order valence-electron chi connectivity index (χ1n) is 8.82. The van der Waals surface area contributed by atoms with E-state index in [1.54, 1.807) is 18.2 Å². The van der Waals surface area contributed by atoms with Crippen LogP contribution in [0.3, 0.4) is 0 Å². The first kappa shape index (κ1) is 19.0. The minimum absolute atomic E-state index is 0.224. The van der Waals surface area contributed by atoms with Gasteiger partial charge in [-0.15, -0.1) is 0 Å². The second kappa shape index (κ2) is 8.76. The third kappa shape index (κ3) is 4.91. The van der Waals surface area contributed by atoms with Gasteiger partial charge in [-0.1, -0.05) is 53.5 Å². The van der Waals surface area contributed by atoms with Gasteiger partial charge in [0.05, 0.1) is 10.0 Å². The van der Waals surface area contributed by atoms with Crippen molar-refractivity contribution in [1.29, 1.82) is 0 Å². The van der Waals surface area contributed by atoms with Gasteiger partial charge in [0.1, 0.15) is 0 Å². The van der Waals surface area contributed by atoms with Gasteiger partial charge in [-0.25, -0.2) is 4.79 Å². The molecule has 1 fully saturated rings. The molecular formula is C20H23Cl2N3O. The molecule has 0 spiro atoms. The lowest BCUT2D eigenvalue weighted by atomic mass is 10.1. The maximum absolute atomic E-state index is 12.1. The number of likely N-dealkylation sites (tertiary alicyclic amines) is 1. The van der Waals surface area contributed by atoms with Crippen LogP contribution in [-0.4, -0.2) is 30.6 Å². The number of carbonyl (C=O) groups excluding carboxylic acids is 1. The van der Waals surface area contributed by atoms with E-state index >= 15 is 0 Å². The molecule has 138 valence electrons. The minimum atomic E-state index is -0.224. The van der Waals surface area contributed by atoms with E-state index in [-0.39, 0.29) is 6.03 Å². The van der Waals surface area contributed by atoms with E-state index in [0.29, 0.717) is 34.2 Å². The van der Waals surface area contributed by atoms with E-state index in [2.05, 4.69) is 46.7 Å². The molecule has 26 heavy (non-hydrogen) atoms. The zero-order valence-electron chi connectivity index (χ0n) is 14.7. The van der Waals surface area contributed by atoms with Crippen LogP contribution in [0.25, 0.3) is 0 Å². The molecule has 0 bridgehead atoms. The van der Waals surface area contributed by atoms with Crippen LogP contribution in [-0.2, 0) is 0 Å². The number of benzene rings is 2. The van der Waals surface area contributed by atoms with Crippen molar-refractivity contribution in [2.75, 3.05) is 25.0 Å². The normalized spacial score (nSPS) is 18.5. The van der Waals surface area contributed by atoms with Crippen LogP contribution in [0.5, 0.6) is 0 Å². The van der Waals surface area contributed by atoms with E-state index in [0.717, 1.165) is 19.5 Å². The van der Waals surface area contributed by atoms with Gasteiger partial charge in [-0.3, -0.25) is 4.90 Å². The van der Waals surface area contributed by atoms with Crippen molar-refractivity contribution < 1.29 is 4.79 Å². The molecule has 0 aliphatic carbocycles. The summed E-state index contributed by atoms with van der Waals surface area (Å²) >= 11 is 11.8. The summed E-state index contributed by atoms with van der Waals surface area (Å²) in [5.74, 6) is 0.459. The number of hydrogen-bond donors (Lipinski definition) is 2. The lowest BCUT2D eigenvalue weighted by molar-refractivity contribution is 0.243. The molecule has 0 aromatic heterocycles. The highest BCUT2D eigenvalue weighted by Gasteiger charge is 2.26. The predicted molar refractivity (Wildman–Crippen MR) is 108 cm³/mol. The van der Waals surface area contributed by atoms with Crippen LogP contribution in [0.1, 0.15) is 24.9 Å². The highest BCUT2D eigenvalue weighted by atomic mass is 35.5. The van der Waals surface area contributed by atoms with Gasteiger partial charge in [0.2, 0.25) is 0 Å². The van der Waals surface area contributed by atoms with Crippen LogP contribution in [0.2, 0.25) is 10.0 Å². The highest BCUT2D eigenvalue weighted by molar-refractivity contribution is 6.42. The Morgan fingerprint density at radius 2 is 1.96 bits per heavy atom. The molecule has 0 radical (unpaired) electrons. The number of nitrogens with one attached hydrogen (secondary N) is 2. The quantitative estimate of drug-likeness (QED) is 0.735. The molecule has 1 saturated heterocycles. The largest absolute Gasteiger partial charge is 0.338 e. The Bertz CT molecular complexity index is 754. The van der Waals surface area contributed by atoms with Crippen molar-refractivity contribution in [3.05, 3.63) is 64.1 Å². The molecule has 1 heterocycles. The third-order valence-corrected chi connectivity index (χ3v) is 5.61. The van der Waals surface area contributed by atoms with Crippen molar-refractivity contribution in [3.8, 4) is 0 Å². The van der Waals surface area contributed by atoms with Gasteiger partial charge < -0.3 is 10.6 Å². The van der Waals surface area contributed by atoms with E-state index < -0.39 is 0 Å².